The lowest BCUT2D eigenvalue weighted by molar-refractivity contribution is 0.573. The van der Waals surface area contributed by atoms with Crippen molar-refractivity contribution in [2.75, 3.05) is 13.1 Å². The topological polar surface area (TPSA) is 58.2 Å². The number of nitrogens with one attached hydrogen (secondary N) is 2. The molecule has 1 aliphatic rings. The molecular weight excluding hydrogens is 284 g/mol. The fourth-order valence-corrected chi connectivity index (χ4v) is 3.46. The Morgan fingerprint density at radius 1 is 1.32 bits per heavy atom. The second kappa shape index (κ2) is 6.22. The van der Waals surface area contributed by atoms with Crippen molar-refractivity contribution in [3.05, 3.63) is 28.8 Å². The number of rotatable bonds is 7. The van der Waals surface area contributed by atoms with Crippen LogP contribution in [0.1, 0.15) is 24.8 Å². The van der Waals surface area contributed by atoms with Crippen molar-refractivity contribution in [1.29, 1.82) is 0 Å². The van der Waals surface area contributed by atoms with E-state index in [9.17, 15) is 8.42 Å². The van der Waals surface area contributed by atoms with Crippen molar-refractivity contribution in [3.8, 4) is 0 Å². The van der Waals surface area contributed by atoms with Gasteiger partial charge in [0.1, 0.15) is 4.90 Å². The summed E-state index contributed by atoms with van der Waals surface area (Å²) in [4.78, 5) is 0.148. The van der Waals surface area contributed by atoms with Crippen LogP contribution in [-0.4, -0.2) is 27.5 Å². The highest BCUT2D eigenvalue weighted by Gasteiger charge is 2.20. The van der Waals surface area contributed by atoms with E-state index < -0.39 is 10.0 Å². The summed E-state index contributed by atoms with van der Waals surface area (Å²) in [6.07, 6.45) is 3.26. The van der Waals surface area contributed by atoms with Crippen LogP contribution in [-0.2, 0) is 10.0 Å². The minimum absolute atomic E-state index is 0.148. The average molecular weight is 303 g/mol. The Balaban J connectivity index is 1.86. The van der Waals surface area contributed by atoms with Crippen molar-refractivity contribution in [3.63, 3.8) is 0 Å². The number of benzene rings is 1. The molecule has 0 heterocycles. The predicted molar refractivity (Wildman–Crippen MR) is 77.0 cm³/mol. The summed E-state index contributed by atoms with van der Waals surface area (Å²) in [5.41, 5.74) is 0.942. The third-order valence-electron chi connectivity index (χ3n) is 3.03. The zero-order chi connectivity index (χ0) is 13.9. The van der Waals surface area contributed by atoms with Crippen molar-refractivity contribution >= 4 is 21.6 Å². The molecule has 4 nitrogen and oxygen atoms in total. The number of hydrogen-bond acceptors (Lipinski definition) is 3. The van der Waals surface area contributed by atoms with E-state index in [1.165, 1.54) is 12.8 Å². The summed E-state index contributed by atoms with van der Waals surface area (Å²) in [7, 11) is -3.50. The fraction of sp³-hybridized carbons (Fsp3) is 0.538. The highest BCUT2D eigenvalue weighted by molar-refractivity contribution is 7.89. The van der Waals surface area contributed by atoms with Gasteiger partial charge in [-0.15, -0.1) is 0 Å². The zero-order valence-corrected chi connectivity index (χ0v) is 12.5. The molecule has 0 bridgehead atoms. The highest BCUT2D eigenvalue weighted by atomic mass is 35.5. The largest absolute Gasteiger partial charge is 0.314 e. The number of hydrogen-bond donors (Lipinski definition) is 2. The van der Waals surface area contributed by atoms with Gasteiger partial charge in [0.25, 0.3) is 0 Å². The summed E-state index contributed by atoms with van der Waals surface area (Å²) in [6.45, 7) is 3.14. The van der Waals surface area contributed by atoms with Gasteiger partial charge in [0, 0.05) is 12.6 Å². The van der Waals surface area contributed by atoms with Gasteiger partial charge in [0.15, 0.2) is 0 Å². The van der Waals surface area contributed by atoms with Crippen LogP contribution in [0.3, 0.4) is 0 Å². The highest BCUT2D eigenvalue weighted by Crippen LogP contribution is 2.22. The number of aryl methyl sites for hydroxylation is 1. The fourth-order valence-electron chi connectivity index (χ4n) is 1.79. The first-order valence-corrected chi connectivity index (χ1v) is 8.34. The van der Waals surface area contributed by atoms with Crippen LogP contribution in [0, 0.1) is 6.92 Å². The monoisotopic (exact) mass is 302 g/mol. The van der Waals surface area contributed by atoms with E-state index in [2.05, 4.69) is 10.0 Å². The second-order valence-electron chi connectivity index (χ2n) is 4.91. The SMILES string of the molecule is Cc1ccc(S(=O)(=O)NCCCNC2CC2)c(Cl)c1. The summed E-state index contributed by atoms with van der Waals surface area (Å²) >= 11 is 5.97. The van der Waals surface area contributed by atoms with Gasteiger partial charge in [0.2, 0.25) is 10.0 Å². The van der Waals surface area contributed by atoms with E-state index in [1.807, 2.05) is 6.92 Å². The Morgan fingerprint density at radius 2 is 2.05 bits per heavy atom. The molecular formula is C13H19ClN2O2S. The van der Waals surface area contributed by atoms with Gasteiger partial charge >= 0.3 is 0 Å². The summed E-state index contributed by atoms with van der Waals surface area (Å²) in [5, 5.41) is 3.61. The van der Waals surface area contributed by atoms with Crippen molar-refractivity contribution in [1.82, 2.24) is 10.0 Å². The Hall–Kier alpha value is -0.620. The standard InChI is InChI=1S/C13H19ClN2O2S/c1-10-3-6-13(12(14)9-10)19(17,18)16-8-2-7-15-11-4-5-11/h3,6,9,11,15-16H,2,4-5,7-8H2,1H3. The average Bonchev–Trinajstić information content (AvgIpc) is 3.11. The third-order valence-corrected chi connectivity index (χ3v) is 4.98. The van der Waals surface area contributed by atoms with Crippen LogP contribution >= 0.6 is 11.6 Å². The number of halogens is 1. The molecule has 0 spiro atoms. The summed E-state index contributed by atoms with van der Waals surface area (Å²) in [6, 6.07) is 5.60. The van der Waals surface area contributed by atoms with E-state index in [0.29, 0.717) is 12.6 Å². The molecule has 0 saturated heterocycles. The lowest BCUT2D eigenvalue weighted by Gasteiger charge is -2.09. The van der Waals surface area contributed by atoms with Crippen LogP contribution in [0.4, 0.5) is 0 Å². The first-order valence-electron chi connectivity index (χ1n) is 6.48. The Labute approximate surface area is 119 Å². The van der Waals surface area contributed by atoms with Gasteiger partial charge in [0.05, 0.1) is 5.02 Å². The lowest BCUT2D eigenvalue weighted by Crippen LogP contribution is -2.28. The molecule has 1 aromatic rings. The Morgan fingerprint density at radius 3 is 2.68 bits per heavy atom. The maximum Gasteiger partial charge on any atom is 0.242 e. The lowest BCUT2D eigenvalue weighted by atomic mass is 10.2. The summed E-state index contributed by atoms with van der Waals surface area (Å²) < 4.78 is 26.7. The van der Waals surface area contributed by atoms with Crippen LogP contribution in [0.25, 0.3) is 0 Å². The second-order valence-corrected chi connectivity index (χ2v) is 7.06. The molecule has 1 saturated carbocycles. The predicted octanol–water partition coefficient (Wildman–Crippen LogP) is 2.07. The van der Waals surface area contributed by atoms with E-state index in [0.717, 1.165) is 18.5 Å². The Bertz CT molecular complexity index is 542. The molecule has 0 unspecified atom stereocenters. The van der Waals surface area contributed by atoms with Gasteiger partial charge < -0.3 is 5.32 Å². The van der Waals surface area contributed by atoms with Gasteiger partial charge in [-0.2, -0.15) is 0 Å². The van der Waals surface area contributed by atoms with E-state index >= 15 is 0 Å². The molecule has 6 heteroatoms. The van der Waals surface area contributed by atoms with E-state index in [4.69, 9.17) is 11.6 Å². The first kappa shape index (κ1) is 14.8. The quantitative estimate of drug-likeness (QED) is 0.758. The van der Waals surface area contributed by atoms with Crippen molar-refractivity contribution in [2.45, 2.75) is 37.1 Å². The Kier molecular flexibility index (Phi) is 4.84. The molecule has 0 radical (unpaired) electrons. The molecule has 1 aliphatic carbocycles. The van der Waals surface area contributed by atoms with Gasteiger partial charge in [-0.3, -0.25) is 0 Å². The number of sulfonamides is 1. The van der Waals surface area contributed by atoms with Gasteiger partial charge in [-0.25, -0.2) is 13.1 Å². The molecule has 19 heavy (non-hydrogen) atoms. The van der Waals surface area contributed by atoms with Crippen LogP contribution < -0.4 is 10.0 Å². The smallest absolute Gasteiger partial charge is 0.242 e. The van der Waals surface area contributed by atoms with Crippen LogP contribution in [0.15, 0.2) is 23.1 Å². The molecule has 0 aromatic heterocycles. The van der Waals surface area contributed by atoms with Crippen molar-refractivity contribution < 1.29 is 8.42 Å². The third kappa shape index (κ3) is 4.45. The molecule has 106 valence electrons. The molecule has 0 amide bonds. The van der Waals surface area contributed by atoms with Gasteiger partial charge in [-0.1, -0.05) is 17.7 Å². The van der Waals surface area contributed by atoms with Crippen LogP contribution in [0.5, 0.6) is 0 Å². The summed E-state index contributed by atoms with van der Waals surface area (Å²) in [5.74, 6) is 0. The van der Waals surface area contributed by atoms with Crippen molar-refractivity contribution in [2.24, 2.45) is 0 Å². The van der Waals surface area contributed by atoms with E-state index in [-0.39, 0.29) is 9.92 Å². The molecule has 2 N–H and O–H groups in total. The molecule has 2 rings (SSSR count). The maximum absolute atomic E-state index is 12.1. The van der Waals surface area contributed by atoms with Gasteiger partial charge in [-0.05, 0) is 50.4 Å². The first-order chi connectivity index (χ1) is 8.99. The maximum atomic E-state index is 12.1. The molecule has 0 aliphatic heterocycles. The minimum atomic E-state index is -3.50. The zero-order valence-electron chi connectivity index (χ0n) is 10.9. The minimum Gasteiger partial charge on any atom is -0.314 e. The van der Waals surface area contributed by atoms with E-state index in [1.54, 1.807) is 18.2 Å². The molecule has 1 fully saturated rings. The molecule has 1 aromatic carbocycles. The normalized spacial score (nSPS) is 15.7. The van der Waals surface area contributed by atoms with Crippen LogP contribution in [0.2, 0.25) is 5.02 Å². The molecule has 0 atom stereocenters.